The fraction of sp³-hybridized carbons (Fsp3) is 0.320. The Morgan fingerprint density at radius 1 is 1.03 bits per heavy atom. The molecule has 7 nitrogen and oxygen atoms in total. The molecule has 0 radical (unpaired) electrons. The van der Waals surface area contributed by atoms with Crippen LogP contribution in [-0.2, 0) is 6.54 Å². The molecule has 172 valence electrons. The summed E-state index contributed by atoms with van der Waals surface area (Å²) in [6.07, 6.45) is 10.6. The van der Waals surface area contributed by atoms with Crippen LogP contribution >= 0.6 is 0 Å². The second kappa shape index (κ2) is 10.8. The summed E-state index contributed by atoms with van der Waals surface area (Å²) in [7, 11) is 1.46. The van der Waals surface area contributed by atoms with Gasteiger partial charge in [-0.2, -0.15) is 4.98 Å². The van der Waals surface area contributed by atoms with Crippen molar-refractivity contribution in [1.29, 1.82) is 0 Å². The highest BCUT2D eigenvalue weighted by molar-refractivity contribution is 6.03. The van der Waals surface area contributed by atoms with Crippen LogP contribution in [0.3, 0.4) is 0 Å². The fourth-order valence-electron chi connectivity index (χ4n) is 3.84. The van der Waals surface area contributed by atoms with E-state index in [1.165, 1.54) is 62.7 Å². The first-order chi connectivity index (χ1) is 16.1. The average molecular weight is 450 g/mol. The minimum absolute atomic E-state index is 0.158. The molecule has 1 aromatic heterocycles. The number of hydrogen-bond donors (Lipinski definition) is 2. The first-order valence-electron chi connectivity index (χ1n) is 11.2. The molecule has 2 N–H and O–H groups in total. The Morgan fingerprint density at radius 3 is 2.36 bits per heavy atom. The molecule has 1 fully saturated rings. The maximum absolute atomic E-state index is 14.3. The number of hydrogen-bond acceptors (Lipinski definition) is 5. The van der Waals surface area contributed by atoms with Crippen LogP contribution in [0.15, 0.2) is 54.7 Å². The van der Waals surface area contributed by atoms with Crippen LogP contribution in [0.1, 0.15) is 44.1 Å². The molecule has 0 saturated heterocycles. The van der Waals surface area contributed by atoms with E-state index in [1.54, 1.807) is 12.3 Å². The van der Waals surface area contributed by atoms with Crippen LogP contribution in [0.5, 0.6) is 5.75 Å². The molecule has 2 heterocycles. The fourth-order valence-corrected chi connectivity index (χ4v) is 3.84. The van der Waals surface area contributed by atoms with Gasteiger partial charge in [0.05, 0.1) is 19.3 Å². The summed E-state index contributed by atoms with van der Waals surface area (Å²) >= 11 is 0. The summed E-state index contributed by atoms with van der Waals surface area (Å²) in [5.74, 6) is 0.605. The van der Waals surface area contributed by atoms with Gasteiger partial charge in [-0.3, -0.25) is 10.2 Å². The number of urea groups is 1. The van der Waals surface area contributed by atoms with Crippen molar-refractivity contribution < 1.29 is 13.9 Å². The van der Waals surface area contributed by atoms with Crippen LogP contribution in [0.2, 0.25) is 0 Å². The Balaban J connectivity index is 0.000000376. The number of halogens is 1. The number of benzene rings is 2. The Bertz CT molecular complexity index is 1080. The normalized spacial score (nSPS) is 15.0. The number of anilines is 4. The minimum Gasteiger partial charge on any atom is -0.497 e. The van der Waals surface area contributed by atoms with Crippen molar-refractivity contribution in [3.63, 3.8) is 0 Å². The van der Waals surface area contributed by atoms with E-state index >= 15 is 0 Å². The number of nitrogens with zero attached hydrogens (tertiary/aromatic N) is 3. The third-order valence-electron chi connectivity index (χ3n) is 5.64. The van der Waals surface area contributed by atoms with Crippen LogP contribution < -0.4 is 20.3 Å². The van der Waals surface area contributed by atoms with Gasteiger partial charge >= 0.3 is 6.03 Å². The number of carbonyl (C=O) groups excluding carboxylic acids is 1. The van der Waals surface area contributed by atoms with Gasteiger partial charge in [0.25, 0.3) is 0 Å². The molecular weight excluding hydrogens is 421 g/mol. The molecule has 3 aromatic rings. The lowest BCUT2D eigenvalue weighted by Crippen LogP contribution is -2.39. The van der Waals surface area contributed by atoms with E-state index in [9.17, 15) is 9.18 Å². The number of rotatable bonds is 4. The van der Waals surface area contributed by atoms with Crippen molar-refractivity contribution in [3.05, 3.63) is 66.1 Å². The van der Waals surface area contributed by atoms with Gasteiger partial charge in [0.15, 0.2) is 5.82 Å². The van der Waals surface area contributed by atoms with Gasteiger partial charge in [-0.05, 0) is 24.3 Å². The Hall–Kier alpha value is -3.68. The average Bonchev–Trinajstić information content (AvgIpc) is 2.86. The molecule has 33 heavy (non-hydrogen) atoms. The van der Waals surface area contributed by atoms with Gasteiger partial charge in [-0.25, -0.2) is 14.2 Å². The molecule has 1 saturated carbocycles. The Labute approximate surface area is 193 Å². The van der Waals surface area contributed by atoms with E-state index in [2.05, 4.69) is 20.6 Å². The number of nitrogens with one attached hydrogen (secondary N) is 2. The van der Waals surface area contributed by atoms with Crippen molar-refractivity contribution in [1.82, 2.24) is 9.97 Å². The molecule has 2 aromatic carbocycles. The number of amides is 2. The van der Waals surface area contributed by atoms with Crippen molar-refractivity contribution in [2.24, 2.45) is 0 Å². The second-order valence-corrected chi connectivity index (χ2v) is 8.01. The van der Waals surface area contributed by atoms with E-state index < -0.39 is 11.8 Å². The summed E-state index contributed by atoms with van der Waals surface area (Å²) in [6, 6.07) is 13.3. The van der Waals surface area contributed by atoms with E-state index in [1.807, 2.05) is 30.3 Å². The van der Waals surface area contributed by atoms with Crippen molar-refractivity contribution in [2.75, 3.05) is 22.6 Å². The van der Waals surface area contributed by atoms with E-state index in [0.29, 0.717) is 23.1 Å². The highest BCUT2D eigenvalue weighted by Gasteiger charge is 2.27. The number of ether oxygens (including phenoxy) is 1. The lowest BCUT2D eigenvalue weighted by atomic mass is 10.0. The summed E-state index contributed by atoms with van der Waals surface area (Å²) < 4.78 is 19.3. The number of para-hydroxylation sites is 1. The van der Waals surface area contributed by atoms with E-state index in [4.69, 9.17) is 4.74 Å². The zero-order valence-electron chi connectivity index (χ0n) is 18.7. The van der Waals surface area contributed by atoms with Crippen molar-refractivity contribution in [3.8, 4) is 5.75 Å². The topological polar surface area (TPSA) is 79.4 Å². The first-order valence-corrected chi connectivity index (χ1v) is 11.2. The standard InChI is InChI=1S/C19H16FN5O2.C6H12/c1-27-14-7-8-16(15(20)9-14)25-11-12-10-21-18(23-17(12)24-19(25)26)22-13-5-3-2-4-6-13;1-2-4-6-5-3-1/h2-10H,11H2,1H3,(H2,21,22,23,24,26);1-6H2. The molecule has 0 atom stereocenters. The molecule has 1 aliphatic heterocycles. The third kappa shape index (κ3) is 5.77. The molecule has 2 aliphatic rings. The Morgan fingerprint density at radius 2 is 1.73 bits per heavy atom. The van der Waals surface area contributed by atoms with Crippen molar-refractivity contribution in [2.45, 2.75) is 45.1 Å². The van der Waals surface area contributed by atoms with Gasteiger partial charge in [0, 0.05) is 23.5 Å². The maximum atomic E-state index is 14.3. The number of carbonyl (C=O) groups is 1. The summed E-state index contributed by atoms with van der Waals surface area (Å²) in [4.78, 5) is 22.4. The molecule has 2 amide bonds. The number of methoxy groups -OCH3 is 1. The molecule has 0 bridgehead atoms. The molecule has 8 heteroatoms. The molecule has 0 spiro atoms. The Kier molecular flexibility index (Phi) is 7.34. The lowest BCUT2D eigenvalue weighted by molar-refractivity contribution is 0.255. The molecular formula is C25H28FN5O2. The first kappa shape index (κ1) is 22.5. The lowest BCUT2D eigenvalue weighted by Gasteiger charge is -2.29. The predicted octanol–water partition coefficient (Wildman–Crippen LogP) is 6.26. The predicted molar refractivity (Wildman–Crippen MR) is 128 cm³/mol. The van der Waals surface area contributed by atoms with Gasteiger partial charge in [0.2, 0.25) is 5.95 Å². The van der Waals surface area contributed by atoms with Gasteiger partial charge < -0.3 is 10.1 Å². The summed E-state index contributed by atoms with van der Waals surface area (Å²) in [5.41, 5.74) is 1.68. The third-order valence-corrected chi connectivity index (χ3v) is 5.64. The van der Waals surface area contributed by atoms with E-state index in [0.717, 1.165) is 5.69 Å². The smallest absolute Gasteiger partial charge is 0.327 e. The number of fused-ring (bicyclic) bond motifs is 1. The van der Waals surface area contributed by atoms with Crippen LogP contribution in [0.25, 0.3) is 0 Å². The van der Waals surface area contributed by atoms with Crippen LogP contribution in [0.4, 0.5) is 32.3 Å². The van der Waals surface area contributed by atoms with Gasteiger partial charge in [-0.15, -0.1) is 0 Å². The van der Waals surface area contributed by atoms with E-state index in [-0.39, 0.29) is 12.2 Å². The minimum atomic E-state index is -0.545. The van der Waals surface area contributed by atoms with Crippen molar-refractivity contribution >= 4 is 29.2 Å². The highest BCUT2D eigenvalue weighted by Crippen LogP contribution is 2.30. The monoisotopic (exact) mass is 449 g/mol. The zero-order chi connectivity index (χ0) is 23.0. The van der Waals surface area contributed by atoms with Crippen LogP contribution in [-0.4, -0.2) is 23.1 Å². The maximum Gasteiger partial charge on any atom is 0.327 e. The largest absolute Gasteiger partial charge is 0.497 e. The zero-order valence-corrected chi connectivity index (χ0v) is 18.7. The SMILES string of the molecule is C1CCCCC1.COc1ccc(N2Cc3cnc(Nc4ccccc4)nc3NC2=O)c(F)c1. The molecule has 0 unspecified atom stereocenters. The second-order valence-electron chi connectivity index (χ2n) is 8.01. The van der Waals surface area contributed by atoms with Gasteiger partial charge in [0.1, 0.15) is 11.6 Å². The highest BCUT2D eigenvalue weighted by atomic mass is 19.1. The van der Waals surface area contributed by atoms with Crippen LogP contribution in [0, 0.1) is 5.82 Å². The van der Waals surface area contributed by atoms with Gasteiger partial charge in [-0.1, -0.05) is 56.7 Å². The number of aromatic nitrogens is 2. The summed E-state index contributed by atoms with van der Waals surface area (Å²) in [6.45, 7) is 0.163. The summed E-state index contributed by atoms with van der Waals surface area (Å²) in [5, 5.41) is 5.76. The molecule has 1 aliphatic carbocycles. The molecule has 5 rings (SSSR count). The quantitative estimate of drug-likeness (QED) is 0.491.